The Morgan fingerprint density at radius 1 is 1.32 bits per heavy atom. The number of nitrogens with zero attached hydrogens (tertiary/aromatic N) is 1. The normalized spacial score (nSPS) is 17.5. The zero-order chi connectivity index (χ0) is 16.3. The van der Waals surface area contributed by atoms with E-state index in [1.165, 1.54) is 0 Å². The lowest BCUT2D eigenvalue weighted by Crippen LogP contribution is -2.43. The van der Waals surface area contributed by atoms with Gasteiger partial charge in [0.1, 0.15) is 5.82 Å². The third-order valence-corrected chi connectivity index (χ3v) is 3.56. The first-order valence-electron chi connectivity index (χ1n) is 6.90. The molecule has 1 aromatic carbocycles. The van der Waals surface area contributed by atoms with Crippen molar-refractivity contribution in [2.24, 2.45) is 5.73 Å². The number of alkyl halides is 3. The molecule has 1 saturated heterocycles. The fourth-order valence-corrected chi connectivity index (χ4v) is 2.36. The average molecular weight is 319 g/mol. The standard InChI is InChI=1S/C14H17F4N3O/c15-9-1-2-12(11(7-9)14(16,17)18)20-13(22)8-21-5-3-10(19)4-6-21/h1-2,7,10H,3-6,8,19H2,(H,20,22). The number of carbonyl (C=O) groups excluding carboxylic acids is 1. The summed E-state index contributed by atoms with van der Waals surface area (Å²) >= 11 is 0. The van der Waals surface area contributed by atoms with Crippen molar-refractivity contribution in [1.82, 2.24) is 4.90 Å². The van der Waals surface area contributed by atoms with Crippen LogP contribution in [0, 0.1) is 5.82 Å². The van der Waals surface area contributed by atoms with Crippen molar-refractivity contribution < 1.29 is 22.4 Å². The summed E-state index contributed by atoms with van der Waals surface area (Å²) in [5.74, 6) is -1.57. The molecule has 0 unspecified atom stereocenters. The highest BCUT2D eigenvalue weighted by Crippen LogP contribution is 2.35. The zero-order valence-electron chi connectivity index (χ0n) is 11.8. The van der Waals surface area contributed by atoms with Gasteiger partial charge in [0.05, 0.1) is 17.8 Å². The zero-order valence-corrected chi connectivity index (χ0v) is 11.8. The Balaban J connectivity index is 2.02. The minimum atomic E-state index is -4.73. The summed E-state index contributed by atoms with van der Waals surface area (Å²) in [6.07, 6.45) is -3.24. The molecule has 2 rings (SSSR count). The molecule has 0 radical (unpaired) electrons. The highest BCUT2D eigenvalue weighted by molar-refractivity contribution is 5.93. The van der Waals surface area contributed by atoms with E-state index in [0.29, 0.717) is 19.2 Å². The molecule has 3 N–H and O–H groups in total. The molecule has 0 spiro atoms. The molecule has 22 heavy (non-hydrogen) atoms. The fourth-order valence-electron chi connectivity index (χ4n) is 2.36. The summed E-state index contributed by atoms with van der Waals surface area (Å²) in [6, 6.07) is 2.27. The summed E-state index contributed by atoms with van der Waals surface area (Å²) in [5.41, 5.74) is 4.12. The first-order chi connectivity index (χ1) is 10.3. The lowest BCUT2D eigenvalue weighted by atomic mass is 10.1. The Kier molecular flexibility index (Phi) is 5.02. The minimum Gasteiger partial charge on any atom is -0.328 e. The molecule has 8 heteroatoms. The van der Waals surface area contributed by atoms with E-state index in [1.807, 2.05) is 4.90 Å². The van der Waals surface area contributed by atoms with Gasteiger partial charge in [-0.1, -0.05) is 0 Å². The Hall–Kier alpha value is -1.67. The molecule has 1 heterocycles. The van der Waals surface area contributed by atoms with E-state index in [-0.39, 0.29) is 12.6 Å². The van der Waals surface area contributed by atoms with Crippen molar-refractivity contribution in [1.29, 1.82) is 0 Å². The molecule has 0 saturated carbocycles. The number of anilines is 1. The average Bonchev–Trinajstić information content (AvgIpc) is 2.42. The number of likely N-dealkylation sites (tertiary alicyclic amines) is 1. The molecular formula is C14H17F4N3O. The first-order valence-corrected chi connectivity index (χ1v) is 6.90. The SMILES string of the molecule is NC1CCN(CC(=O)Nc2ccc(F)cc2C(F)(F)F)CC1. The van der Waals surface area contributed by atoms with Crippen molar-refractivity contribution in [3.05, 3.63) is 29.6 Å². The van der Waals surface area contributed by atoms with E-state index >= 15 is 0 Å². The van der Waals surface area contributed by atoms with Crippen molar-refractivity contribution in [2.75, 3.05) is 25.0 Å². The number of hydrogen-bond donors (Lipinski definition) is 2. The molecule has 0 aliphatic carbocycles. The van der Waals surface area contributed by atoms with Gasteiger partial charge in [-0.2, -0.15) is 13.2 Å². The van der Waals surface area contributed by atoms with Crippen molar-refractivity contribution in [2.45, 2.75) is 25.1 Å². The van der Waals surface area contributed by atoms with Crippen LogP contribution in [-0.2, 0) is 11.0 Å². The lowest BCUT2D eigenvalue weighted by Gasteiger charge is -2.29. The maximum Gasteiger partial charge on any atom is 0.418 e. The molecule has 1 aliphatic rings. The van der Waals surface area contributed by atoms with E-state index in [4.69, 9.17) is 5.73 Å². The third-order valence-electron chi connectivity index (χ3n) is 3.56. The number of nitrogens with one attached hydrogen (secondary N) is 1. The van der Waals surface area contributed by atoms with Crippen molar-refractivity contribution >= 4 is 11.6 Å². The van der Waals surface area contributed by atoms with Crippen LogP contribution >= 0.6 is 0 Å². The molecular weight excluding hydrogens is 302 g/mol. The minimum absolute atomic E-state index is 0.0125. The van der Waals surface area contributed by atoms with Gasteiger partial charge in [-0.25, -0.2) is 4.39 Å². The van der Waals surface area contributed by atoms with E-state index in [2.05, 4.69) is 5.32 Å². The Morgan fingerprint density at radius 2 is 1.95 bits per heavy atom. The number of hydrogen-bond acceptors (Lipinski definition) is 3. The molecule has 122 valence electrons. The molecule has 1 fully saturated rings. The third kappa shape index (κ3) is 4.41. The summed E-state index contributed by atoms with van der Waals surface area (Å²) in [5, 5.41) is 2.20. The molecule has 1 aromatic rings. The predicted octanol–water partition coefficient (Wildman–Crippen LogP) is 2.21. The molecule has 4 nitrogen and oxygen atoms in total. The van der Waals surface area contributed by atoms with Gasteiger partial charge in [-0.05, 0) is 31.0 Å². The van der Waals surface area contributed by atoms with Gasteiger partial charge < -0.3 is 11.1 Å². The monoisotopic (exact) mass is 319 g/mol. The van der Waals surface area contributed by atoms with Gasteiger partial charge >= 0.3 is 6.18 Å². The quantitative estimate of drug-likeness (QED) is 0.840. The molecule has 1 amide bonds. The lowest BCUT2D eigenvalue weighted by molar-refractivity contribution is -0.137. The molecule has 0 bridgehead atoms. The number of carbonyl (C=O) groups is 1. The topological polar surface area (TPSA) is 58.4 Å². The van der Waals surface area contributed by atoms with Gasteiger partial charge in [0.25, 0.3) is 0 Å². The van der Waals surface area contributed by atoms with Crippen molar-refractivity contribution in [3.8, 4) is 0 Å². The number of piperidine rings is 1. The van der Waals surface area contributed by atoms with Gasteiger partial charge in [-0.3, -0.25) is 9.69 Å². The second kappa shape index (κ2) is 6.62. The molecule has 0 aromatic heterocycles. The molecule has 0 atom stereocenters. The van der Waals surface area contributed by atoms with Crippen molar-refractivity contribution in [3.63, 3.8) is 0 Å². The first kappa shape index (κ1) is 16.7. The summed E-state index contributed by atoms with van der Waals surface area (Å²) < 4.78 is 51.5. The Morgan fingerprint density at radius 3 is 2.55 bits per heavy atom. The second-order valence-corrected chi connectivity index (χ2v) is 5.35. The molecule has 1 aliphatic heterocycles. The fraction of sp³-hybridized carbons (Fsp3) is 0.500. The van der Waals surface area contributed by atoms with Gasteiger partial charge in [0.15, 0.2) is 0 Å². The van der Waals surface area contributed by atoms with Crippen LogP contribution in [0.3, 0.4) is 0 Å². The van der Waals surface area contributed by atoms with E-state index in [0.717, 1.165) is 25.0 Å². The van der Waals surface area contributed by atoms with E-state index in [1.54, 1.807) is 0 Å². The van der Waals surface area contributed by atoms with Crippen LogP contribution in [0.1, 0.15) is 18.4 Å². The number of amides is 1. The van der Waals surface area contributed by atoms with Crippen LogP contribution in [0.4, 0.5) is 23.2 Å². The van der Waals surface area contributed by atoms with Gasteiger partial charge in [0, 0.05) is 19.1 Å². The number of rotatable bonds is 3. The predicted molar refractivity (Wildman–Crippen MR) is 73.7 cm³/mol. The Labute approximate surface area is 125 Å². The number of halogens is 4. The second-order valence-electron chi connectivity index (χ2n) is 5.35. The van der Waals surface area contributed by atoms with Gasteiger partial charge in [0.2, 0.25) is 5.91 Å². The van der Waals surface area contributed by atoms with E-state index < -0.39 is 29.2 Å². The van der Waals surface area contributed by atoms with Crippen LogP contribution in [0.15, 0.2) is 18.2 Å². The number of benzene rings is 1. The summed E-state index contributed by atoms with van der Waals surface area (Å²) in [6.45, 7) is 1.25. The van der Waals surface area contributed by atoms with Crippen LogP contribution in [0.2, 0.25) is 0 Å². The smallest absolute Gasteiger partial charge is 0.328 e. The maximum absolute atomic E-state index is 13.0. The van der Waals surface area contributed by atoms with Crippen LogP contribution < -0.4 is 11.1 Å². The largest absolute Gasteiger partial charge is 0.418 e. The van der Waals surface area contributed by atoms with Crippen LogP contribution in [0.5, 0.6) is 0 Å². The maximum atomic E-state index is 13.0. The van der Waals surface area contributed by atoms with E-state index in [9.17, 15) is 22.4 Å². The van der Waals surface area contributed by atoms with Gasteiger partial charge in [-0.15, -0.1) is 0 Å². The Bertz CT molecular complexity index is 539. The summed E-state index contributed by atoms with van der Waals surface area (Å²) in [4.78, 5) is 13.7. The number of nitrogens with two attached hydrogens (primary N) is 1. The highest BCUT2D eigenvalue weighted by Gasteiger charge is 2.34. The highest BCUT2D eigenvalue weighted by atomic mass is 19.4. The van der Waals surface area contributed by atoms with Crippen LogP contribution in [-0.4, -0.2) is 36.5 Å². The summed E-state index contributed by atoms with van der Waals surface area (Å²) in [7, 11) is 0. The van der Waals surface area contributed by atoms with Crippen LogP contribution in [0.25, 0.3) is 0 Å².